The molecular weight excluding hydrogens is 386 g/mol. The largest absolute Gasteiger partial charge is 0.481 e. The predicted octanol–water partition coefficient (Wildman–Crippen LogP) is 4.53. The van der Waals surface area contributed by atoms with Gasteiger partial charge in [0.15, 0.2) is 19.0 Å². The second kappa shape index (κ2) is 7.98. The van der Waals surface area contributed by atoms with Gasteiger partial charge in [-0.25, -0.2) is 9.78 Å². The summed E-state index contributed by atoms with van der Waals surface area (Å²) in [4.78, 5) is 15.9. The van der Waals surface area contributed by atoms with Gasteiger partial charge < -0.3 is 13.9 Å². The van der Waals surface area contributed by atoms with E-state index in [1.807, 2.05) is 49.4 Å². The van der Waals surface area contributed by atoms with Gasteiger partial charge in [0, 0.05) is 5.56 Å². The molecule has 25 heavy (non-hydrogen) atoms. The van der Waals surface area contributed by atoms with Gasteiger partial charge in [-0.2, -0.15) is 0 Å². The Balaban J connectivity index is 1.50. The van der Waals surface area contributed by atoms with Crippen LogP contribution in [0.2, 0.25) is 0 Å². The summed E-state index contributed by atoms with van der Waals surface area (Å²) in [7, 11) is 0. The number of hydrogen-bond donors (Lipinski definition) is 0. The lowest BCUT2D eigenvalue weighted by Gasteiger charge is -2.08. The molecule has 0 atom stereocenters. The van der Waals surface area contributed by atoms with Gasteiger partial charge in [-0.15, -0.1) is 0 Å². The molecular formula is C19H16BrNO4. The molecule has 0 saturated heterocycles. The summed E-state index contributed by atoms with van der Waals surface area (Å²) in [6, 6.07) is 15.2. The maximum absolute atomic E-state index is 11.8. The third-order valence-corrected chi connectivity index (χ3v) is 4.02. The number of aromatic nitrogens is 1. The number of esters is 1. The van der Waals surface area contributed by atoms with Crippen LogP contribution in [-0.4, -0.2) is 17.6 Å². The molecule has 0 bridgehead atoms. The summed E-state index contributed by atoms with van der Waals surface area (Å²) in [6.45, 7) is 1.75. The lowest BCUT2D eigenvalue weighted by molar-refractivity contribution is -0.148. The topological polar surface area (TPSA) is 61.6 Å². The molecule has 0 unspecified atom stereocenters. The first-order valence-corrected chi connectivity index (χ1v) is 8.46. The van der Waals surface area contributed by atoms with E-state index in [1.54, 1.807) is 12.3 Å². The predicted molar refractivity (Wildman–Crippen MR) is 96.1 cm³/mol. The van der Waals surface area contributed by atoms with Crippen LogP contribution in [0.4, 0.5) is 0 Å². The van der Waals surface area contributed by atoms with Crippen LogP contribution in [0.15, 0.2) is 63.6 Å². The lowest BCUT2D eigenvalue weighted by atomic mass is 10.2. The summed E-state index contributed by atoms with van der Waals surface area (Å²) in [5, 5.41) is 0. The highest BCUT2D eigenvalue weighted by Gasteiger charge is 2.11. The maximum Gasteiger partial charge on any atom is 0.344 e. The monoisotopic (exact) mass is 401 g/mol. The number of aryl methyl sites for hydroxylation is 1. The Labute approximate surface area is 153 Å². The van der Waals surface area contributed by atoms with Gasteiger partial charge in [-0.3, -0.25) is 0 Å². The molecule has 0 amide bonds. The van der Waals surface area contributed by atoms with Crippen molar-refractivity contribution in [3.63, 3.8) is 0 Å². The smallest absolute Gasteiger partial charge is 0.344 e. The first-order valence-electron chi connectivity index (χ1n) is 7.66. The zero-order valence-electron chi connectivity index (χ0n) is 13.6. The molecule has 128 valence electrons. The lowest BCUT2D eigenvalue weighted by Crippen LogP contribution is -2.15. The van der Waals surface area contributed by atoms with E-state index in [0.717, 1.165) is 15.6 Å². The van der Waals surface area contributed by atoms with E-state index in [1.165, 1.54) is 0 Å². The van der Waals surface area contributed by atoms with Crippen molar-refractivity contribution in [1.82, 2.24) is 4.98 Å². The van der Waals surface area contributed by atoms with Crippen molar-refractivity contribution in [1.29, 1.82) is 0 Å². The number of rotatable bonds is 6. The molecule has 5 nitrogen and oxygen atoms in total. The van der Waals surface area contributed by atoms with Gasteiger partial charge in [0.1, 0.15) is 5.75 Å². The van der Waals surface area contributed by atoms with Crippen molar-refractivity contribution in [3.8, 4) is 17.1 Å². The number of oxazole rings is 1. The van der Waals surface area contributed by atoms with Crippen LogP contribution in [0.1, 0.15) is 11.5 Å². The van der Waals surface area contributed by atoms with E-state index >= 15 is 0 Å². The number of carbonyl (C=O) groups is 1. The molecule has 1 heterocycles. The third-order valence-electron chi connectivity index (χ3n) is 3.40. The summed E-state index contributed by atoms with van der Waals surface area (Å²) in [5.41, 5.74) is 2.01. The van der Waals surface area contributed by atoms with Crippen LogP contribution < -0.4 is 4.74 Å². The second-order valence-corrected chi connectivity index (χ2v) is 6.22. The molecule has 0 fully saturated rings. The number of hydrogen-bond acceptors (Lipinski definition) is 5. The summed E-state index contributed by atoms with van der Waals surface area (Å²) in [6.07, 6.45) is 1.61. The Morgan fingerprint density at radius 2 is 2.00 bits per heavy atom. The standard InChI is InChI=1S/C19H16BrNO4/c1-13-7-8-16(15(20)9-13)23-12-19(22)24-11-18-21-10-17(25-18)14-5-3-2-4-6-14/h2-10H,11-12H2,1H3. The fraction of sp³-hybridized carbons (Fsp3) is 0.158. The number of halogens is 1. The second-order valence-electron chi connectivity index (χ2n) is 5.37. The van der Waals surface area contributed by atoms with Crippen LogP contribution in [0.3, 0.4) is 0 Å². The Bertz CT molecular complexity index is 861. The number of carbonyl (C=O) groups excluding carboxylic acids is 1. The molecule has 3 rings (SSSR count). The highest BCUT2D eigenvalue weighted by atomic mass is 79.9. The average molecular weight is 402 g/mol. The molecule has 6 heteroatoms. The summed E-state index contributed by atoms with van der Waals surface area (Å²) in [5.74, 6) is 1.06. The van der Waals surface area contributed by atoms with Gasteiger partial charge in [0.05, 0.1) is 10.7 Å². The van der Waals surface area contributed by atoms with Crippen molar-refractivity contribution < 1.29 is 18.7 Å². The SMILES string of the molecule is Cc1ccc(OCC(=O)OCc2ncc(-c3ccccc3)o2)c(Br)c1. The molecule has 3 aromatic rings. The molecule has 2 aromatic carbocycles. The quantitative estimate of drug-likeness (QED) is 0.567. The van der Waals surface area contributed by atoms with Crippen molar-refractivity contribution in [2.45, 2.75) is 13.5 Å². The zero-order chi connectivity index (χ0) is 17.6. The summed E-state index contributed by atoms with van der Waals surface area (Å²) >= 11 is 3.40. The van der Waals surface area contributed by atoms with Crippen molar-refractivity contribution in [3.05, 3.63) is 70.7 Å². The molecule has 0 N–H and O–H groups in total. The molecule has 0 radical (unpaired) electrons. The minimum absolute atomic E-state index is 0.0376. The maximum atomic E-state index is 11.8. The molecule has 0 aliphatic carbocycles. The summed E-state index contributed by atoms with van der Waals surface area (Å²) < 4.78 is 16.9. The van der Waals surface area contributed by atoms with Crippen molar-refractivity contribution in [2.75, 3.05) is 6.61 Å². The van der Waals surface area contributed by atoms with Crippen LogP contribution in [-0.2, 0) is 16.1 Å². The Hall–Kier alpha value is -2.60. The fourth-order valence-corrected chi connectivity index (χ4v) is 2.76. The van der Waals surface area contributed by atoms with Crippen LogP contribution in [0, 0.1) is 6.92 Å². The average Bonchev–Trinajstić information content (AvgIpc) is 3.09. The van der Waals surface area contributed by atoms with E-state index in [9.17, 15) is 4.79 Å². The molecule has 1 aromatic heterocycles. The van der Waals surface area contributed by atoms with E-state index in [0.29, 0.717) is 17.4 Å². The number of ether oxygens (including phenoxy) is 2. The highest BCUT2D eigenvalue weighted by molar-refractivity contribution is 9.10. The third kappa shape index (κ3) is 4.70. The van der Waals surface area contributed by atoms with Gasteiger partial charge in [0.2, 0.25) is 5.89 Å². The normalized spacial score (nSPS) is 10.5. The molecule has 0 spiro atoms. The van der Waals surface area contributed by atoms with Crippen LogP contribution >= 0.6 is 15.9 Å². The molecule has 0 aliphatic heterocycles. The Morgan fingerprint density at radius 3 is 2.76 bits per heavy atom. The number of nitrogens with zero attached hydrogens (tertiary/aromatic N) is 1. The van der Waals surface area contributed by atoms with Crippen LogP contribution in [0.5, 0.6) is 5.75 Å². The first-order chi connectivity index (χ1) is 12.1. The number of benzene rings is 2. The van der Waals surface area contributed by atoms with E-state index in [-0.39, 0.29) is 13.2 Å². The minimum atomic E-state index is -0.494. The van der Waals surface area contributed by atoms with Crippen molar-refractivity contribution >= 4 is 21.9 Å². The molecule has 0 saturated carbocycles. The van der Waals surface area contributed by atoms with Crippen LogP contribution in [0.25, 0.3) is 11.3 Å². The van der Waals surface area contributed by atoms with Gasteiger partial charge in [-0.1, -0.05) is 36.4 Å². The Kier molecular flexibility index (Phi) is 5.50. The first kappa shape index (κ1) is 17.2. The zero-order valence-corrected chi connectivity index (χ0v) is 15.2. The van der Waals surface area contributed by atoms with Gasteiger partial charge in [0.25, 0.3) is 0 Å². The van der Waals surface area contributed by atoms with Gasteiger partial charge >= 0.3 is 5.97 Å². The van der Waals surface area contributed by atoms with Gasteiger partial charge in [-0.05, 0) is 40.5 Å². The Morgan fingerprint density at radius 1 is 1.20 bits per heavy atom. The van der Waals surface area contributed by atoms with E-state index in [2.05, 4.69) is 20.9 Å². The van der Waals surface area contributed by atoms with Crippen molar-refractivity contribution in [2.24, 2.45) is 0 Å². The molecule has 0 aliphatic rings. The van der Waals surface area contributed by atoms with E-state index < -0.39 is 5.97 Å². The highest BCUT2D eigenvalue weighted by Crippen LogP contribution is 2.25. The fourth-order valence-electron chi connectivity index (χ4n) is 2.16. The minimum Gasteiger partial charge on any atom is -0.481 e. The van der Waals surface area contributed by atoms with E-state index in [4.69, 9.17) is 13.9 Å².